The summed E-state index contributed by atoms with van der Waals surface area (Å²) in [5.41, 5.74) is 3.78. The summed E-state index contributed by atoms with van der Waals surface area (Å²) in [6.45, 7) is 4.76. The maximum absolute atomic E-state index is 13.1. The molecule has 1 saturated heterocycles. The van der Waals surface area contributed by atoms with Crippen LogP contribution in [0, 0.1) is 6.92 Å². The van der Waals surface area contributed by atoms with Gasteiger partial charge in [-0.2, -0.15) is 0 Å². The van der Waals surface area contributed by atoms with Crippen LogP contribution in [0.2, 0.25) is 0 Å². The minimum Gasteiger partial charge on any atom is -0.352 e. The molecule has 0 unspecified atom stereocenters. The van der Waals surface area contributed by atoms with Crippen LogP contribution < -0.4 is 5.32 Å². The molecular weight excluding hydrogens is 424 g/mol. The molecule has 0 radical (unpaired) electrons. The number of unbranched alkanes of at least 4 members (excludes halogenated alkanes) is 2. The van der Waals surface area contributed by atoms with Crippen molar-refractivity contribution in [3.8, 4) is 0 Å². The fourth-order valence-electron chi connectivity index (χ4n) is 4.72. The topological polar surface area (TPSA) is 67.2 Å². The lowest BCUT2D eigenvalue weighted by molar-refractivity contribution is -0.131. The van der Waals surface area contributed by atoms with E-state index in [0.29, 0.717) is 18.7 Å². The third kappa shape index (κ3) is 6.25. The summed E-state index contributed by atoms with van der Waals surface area (Å²) < 4.78 is 2.11. The van der Waals surface area contributed by atoms with E-state index in [9.17, 15) is 9.59 Å². The first-order valence-electron chi connectivity index (χ1n) is 12.7. The smallest absolute Gasteiger partial charge is 0.251 e. The van der Waals surface area contributed by atoms with E-state index in [-0.39, 0.29) is 11.8 Å². The first-order chi connectivity index (χ1) is 16.6. The molecule has 1 fully saturated rings. The van der Waals surface area contributed by atoms with Crippen molar-refractivity contribution in [3.05, 3.63) is 65.5 Å². The number of nitrogens with zero attached hydrogens (tertiary/aromatic N) is 3. The molecule has 0 saturated carbocycles. The van der Waals surface area contributed by atoms with Gasteiger partial charge in [-0.3, -0.25) is 9.59 Å². The summed E-state index contributed by atoms with van der Waals surface area (Å²) in [4.78, 5) is 32.2. The largest absolute Gasteiger partial charge is 0.352 e. The quantitative estimate of drug-likeness (QED) is 0.462. The fraction of sp³-hybridized carbons (Fsp3) is 0.464. The third-order valence-electron chi connectivity index (χ3n) is 6.63. The van der Waals surface area contributed by atoms with Gasteiger partial charge in [-0.1, -0.05) is 49.1 Å². The molecule has 1 N–H and O–H groups in total. The van der Waals surface area contributed by atoms with Crippen molar-refractivity contribution in [3.63, 3.8) is 0 Å². The van der Waals surface area contributed by atoms with Gasteiger partial charge >= 0.3 is 0 Å². The molecule has 180 valence electrons. The highest BCUT2D eigenvalue weighted by Gasteiger charge is 2.19. The Morgan fingerprint density at radius 1 is 0.941 bits per heavy atom. The van der Waals surface area contributed by atoms with Gasteiger partial charge in [0, 0.05) is 31.6 Å². The monoisotopic (exact) mass is 460 g/mol. The number of aromatic nitrogens is 2. The molecule has 6 heteroatoms. The molecule has 1 aromatic heterocycles. The van der Waals surface area contributed by atoms with E-state index < -0.39 is 0 Å². The number of fused-ring (bicyclic) bond motifs is 1. The molecule has 0 aliphatic carbocycles. The average molecular weight is 461 g/mol. The highest BCUT2D eigenvalue weighted by atomic mass is 16.2. The lowest BCUT2D eigenvalue weighted by atomic mass is 10.1. The molecule has 0 spiro atoms. The van der Waals surface area contributed by atoms with Crippen LogP contribution in [-0.4, -0.2) is 45.9 Å². The van der Waals surface area contributed by atoms with Crippen LogP contribution in [0.5, 0.6) is 0 Å². The first kappa shape index (κ1) is 24.0. The van der Waals surface area contributed by atoms with Crippen LogP contribution in [0.4, 0.5) is 0 Å². The number of benzene rings is 2. The van der Waals surface area contributed by atoms with Gasteiger partial charge in [-0.05, 0) is 56.9 Å². The van der Waals surface area contributed by atoms with E-state index in [4.69, 9.17) is 4.98 Å². The van der Waals surface area contributed by atoms with Crippen molar-refractivity contribution in [2.75, 3.05) is 19.6 Å². The number of nitrogens with one attached hydrogen (secondary N) is 1. The van der Waals surface area contributed by atoms with Crippen molar-refractivity contribution in [2.45, 2.75) is 64.8 Å². The lowest BCUT2D eigenvalue weighted by Crippen LogP contribution is -2.34. The van der Waals surface area contributed by atoms with Crippen LogP contribution in [0.1, 0.15) is 66.7 Å². The number of para-hydroxylation sites is 2. The zero-order valence-electron chi connectivity index (χ0n) is 20.3. The van der Waals surface area contributed by atoms with E-state index in [0.717, 1.165) is 74.0 Å². The second kappa shape index (κ2) is 11.8. The van der Waals surface area contributed by atoms with Gasteiger partial charge in [0.1, 0.15) is 12.4 Å². The van der Waals surface area contributed by atoms with E-state index >= 15 is 0 Å². The Morgan fingerprint density at radius 3 is 2.53 bits per heavy atom. The number of imidazole rings is 1. The number of hydrogen-bond acceptors (Lipinski definition) is 3. The Bertz CT molecular complexity index is 1110. The molecule has 2 aromatic carbocycles. The summed E-state index contributed by atoms with van der Waals surface area (Å²) in [6, 6.07) is 15.7. The van der Waals surface area contributed by atoms with Crippen molar-refractivity contribution >= 4 is 22.8 Å². The summed E-state index contributed by atoms with van der Waals surface area (Å²) in [6.07, 6.45) is 8.35. The summed E-state index contributed by atoms with van der Waals surface area (Å²) >= 11 is 0. The molecule has 1 aliphatic heterocycles. The van der Waals surface area contributed by atoms with Crippen LogP contribution in [0.15, 0.2) is 48.5 Å². The summed E-state index contributed by atoms with van der Waals surface area (Å²) in [5.74, 6) is 1.16. The Morgan fingerprint density at radius 2 is 1.74 bits per heavy atom. The molecule has 34 heavy (non-hydrogen) atoms. The molecule has 2 amide bonds. The highest BCUT2D eigenvalue weighted by Crippen LogP contribution is 2.19. The second-order valence-corrected chi connectivity index (χ2v) is 9.33. The lowest BCUT2D eigenvalue weighted by Gasteiger charge is -2.21. The molecule has 0 atom stereocenters. The Kier molecular flexibility index (Phi) is 8.34. The van der Waals surface area contributed by atoms with Crippen molar-refractivity contribution in [2.24, 2.45) is 0 Å². The predicted octanol–water partition coefficient (Wildman–Crippen LogP) is 4.89. The van der Waals surface area contributed by atoms with E-state index in [1.807, 2.05) is 54.3 Å². The van der Waals surface area contributed by atoms with Crippen LogP contribution >= 0.6 is 0 Å². The minimum atomic E-state index is -0.0162. The fourth-order valence-corrected chi connectivity index (χ4v) is 4.72. The molecule has 6 nitrogen and oxygen atoms in total. The molecule has 4 rings (SSSR count). The standard InChI is InChI=1S/C28H36N4O2/c1-22-12-11-13-23(20-22)28(34)29-17-8-4-5-16-26-30-24-14-6-7-15-25(24)32(26)21-27(33)31-18-9-2-3-10-19-31/h6-7,11-15,20H,2-5,8-10,16-19,21H2,1H3,(H,29,34). The van der Waals surface area contributed by atoms with Gasteiger partial charge in [-0.15, -0.1) is 0 Å². The van der Waals surface area contributed by atoms with Crippen LogP contribution in [-0.2, 0) is 17.8 Å². The normalized spacial score (nSPS) is 14.2. The van der Waals surface area contributed by atoms with Crippen LogP contribution in [0.25, 0.3) is 11.0 Å². The number of amides is 2. The zero-order valence-corrected chi connectivity index (χ0v) is 20.3. The number of likely N-dealkylation sites (tertiary alicyclic amines) is 1. The second-order valence-electron chi connectivity index (χ2n) is 9.33. The molecule has 3 aromatic rings. The summed E-state index contributed by atoms with van der Waals surface area (Å²) in [7, 11) is 0. The number of aryl methyl sites for hydroxylation is 2. The van der Waals surface area contributed by atoms with Gasteiger partial charge in [0.25, 0.3) is 5.91 Å². The molecule has 2 heterocycles. The van der Waals surface area contributed by atoms with Crippen molar-refractivity contribution in [1.29, 1.82) is 0 Å². The van der Waals surface area contributed by atoms with Gasteiger partial charge < -0.3 is 14.8 Å². The maximum atomic E-state index is 13.1. The average Bonchev–Trinajstić information content (AvgIpc) is 3.00. The number of hydrogen-bond donors (Lipinski definition) is 1. The highest BCUT2D eigenvalue weighted by molar-refractivity contribution is 5.94. The van der Waals surface area contributed by atoms with Crippen molar-refractivity contribution < 1.29 is 9.59 Å². The Labute approximate surface area is 202 Å². The van der Waals surface area contributed by atoms with Crippen LogP contribution in [0.3, 0.4) is 0 Å². The number of carbonyl (C=O) groups excluding carboxylic acids is 2. The Balaban J connectivity index is 1.30. The Hall–Kier alpha value is -3.15. The SMILES string of the molecule is Cc1cccc(C(=O)NCCCCCc2nc3ccccc3n2CC(=O)N2CCCCCC2)c1. The van der Waals surface area contributed by atoms with E-state index in [1.165, 1.54) is 12.8 Å². The van der Waals surface area contributed by atoms with Gasteiger partial charge in [0.05, 0.1) is 11.0 Å². The predicted molar refractivity (Wildman–Crippen MR) is 136 cm³/mol. The molecule has 0 bridgehead atoms. The zero-order chi connectivity index (χ0) is 23.8. The van der Waals surface area contributed by atoms with Gasteiger partial charge in [0.2, 0.25) is 5.91 Å². The van der Waals surface area contributed by atoms with Gasteiger partial charge in [0.15, 0.2) is 0 Å². The maximum Gasteiger partial charge on any atom is 0.251 e. The molecular formula is C28H36N4O2. The third-order valence-corrected chi connectivity index (χ3v) is 6.63. The van der Waals surface area contributed by atoms with Crippen molar-refractivity contribution in [1.82, 2.24) is 19.8 Å². The summed E-state index contributed by atoms with van der Waals surface area (Å²) in [5, 5.41) is 3.02. The number of rotatable bonds is 9. The molecule has 1 aliphatic rings. The van der Waals surface area contributed by atoms with E-state index in [2.05, 4.69) is 16.0 Å². The van der Waals surface area contributed by atoms with Gasteiger partial charge in [-0.25, -0.2) is 4.98 Å². The first-order valence-corrected chi connectivity index (χ1v) is 12.7. The number of carbonyl (C=O) groups is 2. The minimum absolute atomic E-state index is 0.0162. The van der Waals surface area contributed by atoms with E-state index in [1.54, 1.807) is 0 Å².